The van der Waals surface area contributed by atoms with E-state index in [9.17, 15) is 24.3 Å². The van der Waals surface area contributed by atoms with Crippen molar-refractivity contribution < 1.29 is 38.5 Å². The Morgan fingerprint density at radius 3 is 1.96 bits per heavy atom. The summed E-state index contributed by atoms with van der Waals surface area (Å²) in [5, 5.41) is 14.1. The first kappa shape index (κ1) is 33.4. The van der Waals surface area contributed by atoms with Gasteiger partial charge < -0.3 is 30.0 Å². The molecule has 0 bridgehead atoms. The van der Waals surface area contributed by atoms with E-state index in [1.807, 2.05) is 54.6 Å². The summed E-state index contributed by atoms with van der Waals surface area (Å²) in [6.45, 7) is 6.75. The van der Waals surface area contributed by atoms with E-state index < -0.39 is 47.1 Å². The van der Waals surface area contributed by atoms with E-state index in [4.69, 9.17) is 14.2 Å². The number of nitrogens with one attached hydrogen (secondary N) is 2. The Balaban J connectivity index is 1.37. The number of esters is 1. The summed E-state index contributed by atoms with van der Waals surface area (Å²) in [5.74, 6) is -2.17. The molecule has 4 rings (SSSR count). The van der Waals surface area contributed by atoms with Crippen molar-refractivity contribution >= 4 is 35.9 Å². The fourth-order valence-corrected chi connectivity index (χ4v) is 6.03. The lowest BCUT2D eigenvalue weighted by atomic mass is 9.98. The van der Waals surface area contributed by atoms with Gasteiger partial charge in [-0.25, -0.2) is 19.2 Å². The van der Waals surface area contributed by atoms with Crippen molar-refractivity contribution in [2.45, 2.75) is 63.2 Å². The summed E-state index contributed by atoms with van der Waals surface area (Å²) in [6.07, 6.45) is -1.70. The minimum absolute atomic E-state index is 0.0225. The number of benzene rings is 3. The van der Waals surface area contributed by atoms with E-state index in [1.165, 1.54) is 0 Å². The Morgan fingerprint density at radius 2 is 1.38 bits per heavy atom. The molecule has 0 radical (unpaired) electrons. The molecule has 3 atom stereocenters. The van der Waals surface area contributed by atoms with Gasteiger partial charge in [0.25, 0.3) is 0 Å². The fraction of sp³-hybridized carbons (Fsp3) is 0.353. The first-order chi connectivity index (χ1) is 21.4. The molecule has 0 saturated carbocycles. The van der Waals surface area contributed by atoms with Crippen LogP contribution in [0.15, 0.2) is 78.9 Å². The van der Waals surface area contributed by atoms with Crippen LogP contribution in [0.1, 0.15) is 50.3 Å². The molecule has 0 saturated heterocycles. The molecule has 0 unspecified atom stereocenters. The van der Waals surface area contributed by atoms with E-state index in [0.29, 0.717) is 0 Å². The third-order valence-electron chi connectivity index (χ3n) is 7.07. The standard InChI is InChI=1S/C34H38N2O8S/c1-21(29(30(37)38)36-33(41)42-18-22-12-6-5-7-13-22)45-20-28(31(39)44-34(2,3)4)35-32(40)43-19-27-25-16-10-8-14-23(25)24-15-9-11-17-26(24)27/h5-17,21,27-29H,18-20H2,1-4H3,(H,35,40)(H,36,41)(H,37,38)/t21-,28-,29+/m0/s1. The van der Waals surface area contributed by atoms with Crippen LogP contribution in [-0.4, -0.2) is 64.5 Å². The first-order valence-electron chi connectivity index (χ1n) is 14.6. The number of hydrogen-bond donors (Lipinski definition) is 3. The van der Waals surface area contributed by atoms with Gasteiger partial charge in [0.15, 0.2) is 0 Å². The Hall–Kier alpha value is -4.51. The van der Waals surface area contributed by atoms with Gasteiger partial charge in [0.2, 0.25) is 0 Å². The van der Waals surface area contributed by atoms with Crippen LogP contribution >= 0.6 is 11.8 Å². The predicted octanol–water partition coefficient (Wildman–Crippen LogP) is 5.74. The van der Waals surface area contributed by atoms with Crippen LogP contribution < -0.4 is 10.6 Å². The average molecular weight is 635 g/mol. The number of carboxylic acid groups (broad SMARTS) is 1. The molecule has 10 nitrogen and oxygen atoms in total. The van der Waals surface area contributed by atoms with Crippen molar-refractivity contribution in [2.24, 2.45) is 0 Å². The van der Waals surface area contributed by atoms with Crippen LogP contribution in [0.2, 0.25) is 0 Å². The van der Waals surface area contributed by atoms with Crippen LogP contribution in [0, 0.1) is 0 Å². The Labute approximate surface area is 266 Å². The van der Waals surface area contributed by atoms with E-state index in [0.717, 1.165) is 39.6 Å². The van der Waals surface area contributed by atoms with E-state index >= 15 is 0 Å². The number of alkyl carbamates (subject to hydrolysis) is 2. The van der Waals surface area contributed by atoms with Crippen molar-refractivity contribution in [3.05, 3.63) is 95.6 Å². The Kier molecular flexibility index (Phi) is 11.1. The van der Waals surface area contributed by atoms with Crippen molar-refractivity contribution in [3.8, 4) is 11.1 Å². The third-order valence-corrected chi connectivity index (χ3v) is 8.40. The molecule has 0 heterocycles. The van der Waals surface area contributed by atoms with Gasteiger partial charge in [-0.3, -0.25) is 0 Å². The largest absolute Gasteiger partial charge is 0.480 e. The maximum absolute atomic E-state index is 13.1. The normalized spacial score (nSPS) is 14.2. The first-order valence-corrected chi connectivity index (χ1v) is 15.6. The maximum atomic E-state index is 13.1. The Bertz CT molecular complexity index is 1460. The number of thioether (sulfide) groups is 1. The fourth-order valence-electron chi connectivity index (χ4n) is 4.94. The number of aliphatic carboxylic acids is 1. The number of carbonyl (C=O) groups excluding carboxylic acids is 3. The molecule has 3 N–H and O–H groups in total. The van der Waals surface area contributed by atoms with Gasteiger partial charge in [-0.15, -0.1) is 0 Å². The number of amides is 2. The van der Waals surface area contributed by atoms with Crippen molar-refractivity contribution in [1.82, 2.24) is 10.6 Å². The van der Waals surface area contributed by atoms with Gasteiger partial charge in [-0.1, -0.05) is 85.8 Å². The molecule has 3 aromatic carbocycles. The van der Waals surface area contributed by atoms with Gasteiger partial charge in [0.1, 0.15) is 30.9 Å². The van der Waals surface area contributed by atoms with Gasteiger partial charge in [-0.05, 0) is 48.6 Å². The van der Waals surface area contributed by atoms with Gasteiger partial charge in [0, 0.05) is 16.9 Å². The van der Waals surface area contributed by atoms with Crippen LogP contribution in [0.5, 0.6) is 0 Å². The lowest BCUT2D eigenvalue weighted by Gasteiger charge is -2.26. The highest BCUT2D eigenvalue weighted by Crippen LogP contribution is 2.44. The molecular formula is C34H38N2O8S. The molecule has 1 aliphatic rings. The van der Waals surface area contributed by atoms with Crippen LogP contribution in [-0.2, 0) is 30.4 Å². The number of carboxylic acids is 1. The molecule has 3 aromatic rings. The molecule has 2 amide bonds. The quantitative estimate of drug-likeness (QED) is 0.168. The monoisotopic (exact) mass is 634 g/mol. The number of ether oxygens (including phenoxy) is 3. The van der Waals surface area contributed by atoms with Gasteiger partial charge in [0.05, 0.1) is 0 Å². The second kappa shape index (κ2) is 15.0. The zero-order valence-corrected chi connectivity index (χ0v) is 26.5. The SMILES string of the molecule is C[C@H](SC[C@H](NC(=O)OCC1c2ccccc2-c2ccccc21)C(=O)OC(C)(C)C)[C@@H](NC(=O)OCc1ccccc1)C(=O)O. The second-order valence-corrected chi connectivity index (χ2v) is 13.0. The van der Waals surface area contributed by atoms with Crippen molar-refractivity contribution in [1.29, 1.82) is 0 Å². The third kappa shape index (κ3) is 9.24. The highest BCUT2D eigenvalue weighted by molar-refractivity contribution is 8.00. The smallest absolute Gasteiger partial charge is 0.408 e. The highest BCUT2D eigenvalue weighted by Gasteiger charge is 2.33. The molecule has 0 aromatic heterocycles. The Morgan fingerprint density at radius 1 is 0.822 bits per heavy atom. The molecular weight excluding hydrogens is 596 g/mol. The zero-order chi connectivity index (χ0) is 32.6. The maximum Gasteiger partial charge on any atom is 0.408 e. The summed E-state index contributed by atoms with van der Waals surface area (Å²) in [7, 11) is 0. The van der Waals surface area contributed by atoms with Gasteiger partial charge >= 0.3 is 24.1 Å². The van der Waals surface area contributed by atoms with Gasteiger partial charge in [-0.2, -0.15) is 11.8 Å². The lowest BCUT2D eigenvalue weighted by Crippen LogP contribution is -2.49. The minimum atomic E-state index is -1.33. The lowest BCUT2D eigenvalue weighted by molar-refractivity contribution is -0.156. The minimum Gasteiger partial charge on any atom is -0.480 e. The van der Waals surface area contributed by atoms with Crippen LogP contribution in [0.4, 0.5) is 9.59 Å². The van der Waals surface area contributed by atoms with E-state index in [1.54, 1.807) is 52.0 Å². The van der Waals surface area contributed by atoms with E-state index in [-0.39, 0.29) is 24.9 Å². The topological polar surface area (TPSA) is 140 Å². The van der Waals surface area contributed by atoms with Crippen molar-refractivity contribution in [2.75, 3.05) is 12.4 Å². The number of carbonyl (C=O) groups is 4. The average Bonchev–Trinajstić information content (AvgIpc) is 3.32. The summed E-state index contributed by atoms with van der Waals surface area (Å²) < 4.78 is 16.3. The summed E-state index contributed by atoms with van der Waals surface area (Å²) in [5.41, 5.74) is 4.20. The second-order valence-electron chi connectivity index (χ2n) is 11.6. The predicted molar refractivity (Wildman–Crippen MR) is 171 cm³/mol. The zero-order valence-electron chi connectivity index (χ0n) is 25.6. The summed E-state index contributed by atoms with van der Waals surface area (Å²) >= 11 is 1.08. The van der Waals surface area contributed by atoms with Crippen molar-refractivity contribution in [3.63, 3.8) is 0 Å². The molecule has 45 heavy (non-hydrogen) atoms. The van der Waals surface area contributed by atoms with Crippen LogP contribution in [0.25, 0.3) is 11.1 Å². The highest BCUT2D eigenvalue weighted by atomic mass is 32.2. The molecule has 0 fully saturated rings. The van der Waals surface area contributed by atoms with E-state index in [2.05, 4.69) is 10.6 Å². The number of rotatable bonds is 12. The molecule has 11 heteroatoms. The summed E-state index contributed by atoms with van der Waals surface area (Å²) in [4.78, 5) is 50.5. The molecule has 238 valence electrons. The van der Waals surface area contributed by atoms with Crippen LogP contribution in [0.3, 0.4) is 0 Å². The summed E-state index contributed by atoms with van der Waals surface area (Å²) in [6, 6.07) is 22.4. The molecule has 1 aliphatic carbocycles. The molecule has 0 aliphatic heterocycles. The number of fused-ring (bicyclic) bond motifs is 3. The molecule has 0 spiro atoms. The number of hydrogen-bond acceptors (Lipinski definition) is 8.